The summed E-state index contributed by atoms with van der Waals surface area (Å²) in [6, 6.07) is -0.572. The Bertz CT molecular complexity index is 680. The van der Waals surface area contributed by atoms with Crippen LogP contribution in [0, 0.1) is 0 Å². The molecule has 7 nitrogen and oxygen atoms in total. The Morgan fingerprint density at radius 2 is 1.43 bits per heavy atom. The third-order valence-corrected chi connectivity index (χ3v) is 8.02. The second-order valence-corrected chi connectivity index (χ2v) is 12.1. The first-order valence-electron chi connectivity index (χ1n) is 14.2. The van der Waals surface area contributed by atoms with Crippen LogP contribution in [-0.4, -0.2) is 68.3 Å². The number of likely N-dealkylation sites (N-methyl/N-ethyl adjacent to an activating group) is 1. The minimum absolute atomic E-state index is 0.572. The molecule has 1 fully saturated rings. The van der Waals surface area contributed by atoms with Gasteiger partial charge in [-0.3, -0.25) is 4.79 Å². The van der Waals surface area contributed by atoms with E-state index in [9.17, 15) is 19.5 Å². The SMILES string of the molecule is CCCCCCCCCCCCCCC=CN(C)C(C)(C(=O)O)C(C)(C)S.O=CN1CCC[C@H]1C(=O)O. The molecule has 216 valence electrons. The quantitative estimate of drug-likeness (QED) is 0.0947. The van der Waals surface area contributed by atoms with Gasteiger partial charge in [0.25, 0.3) is 0 Å². The first-order chi connectivity index (χ1) is 17.4. The number of likely N-dealkylation sites (tertiary alicyclic amines) is 1. The fourth-order valence-electron chi connectivity index (χ4n) is 4.51. The minimum atomic E-state index is -1.04. The van der Waals surface area contributed by atoms with E-state index in [1.807, 2.05) is 27.1 Å². The molecule has 0 radical (unpaired) electrons. The van der Waals surface area contributed by atoms with Crippen molar-refractivity contribution in [2.75, 3.05) is 13.6 Å². The molecule has 0 bridgehead atoms. The monoisotopic (exact) mass is 542 g/mol. The highest BCUT2D eigenvalue weighted by atomic mass is 32.1. The summed E-state index contributed by atoms with van der Waals surface area (Å²) in [5.41, 5.74) is -1.04. The zero-order chi connectivity index (χ0) is 28.3. The predicted octanol–water partition coefficient (Wildman–Crippen LogP) is 6.77. The summed E-state index contributed by atoms with van der Waals surface area (Å²) in [4.78, 5) is 35.4. The molecule has 2 atom stereocenters. The van der Waals surface area contributed by atoms with Gasteiger partial charge in [0, 0.05) is 18.3 Å². The van der Waals surface area contributed by atoms with Crippen LogP contribution in [0.5, 0.6) is 0 Å². The highest BCUT2D eigenvalue weighted by Crippen LogP contribution is 2.33. The molecule has 37 heavy (non-hydrogen) atoms. The second-order valence-electron chi connectivity index (χ2n) is 10.9. The van der Waals surface area contributed by atoms with Crippen LogP contribution >= 0.6 is 12.6 Å². The molecule has 0 aliphatic carbocycles. The molecule has 0 aromatic rings. The summed E-state index contributed by atoms with van der Waals surface area (Å²) in [7, 11) is 1.82. The van der Waals surface area contributed by atoms with Crippen LogP contribution in [0.1, 0.15) is 124 Å². The van der Waals surface area contributed by atoms with Crippen LogP contribution in [0.15, 0.2) is 12.3 Å². The van der Waals surface area contributed by atoms with Gasteiger partial charge >= 0.3 is 11.9 Å². The number of carboxylic acids is 2. The number of thiol groups is 1. The van der Waals surface area contributed by atoms with Crippen LogP contribution < -0.4 is 0 Å². The number of hydrogen-bond donors (Lipinski definition) is 3. The van der Waals surface area contributed by atoms with E-state index in [0.717, 1.165) is 12.8 Å². The van der Waals surface area contributed by atoms with Crippen molar-refractivity contribution < 1.29 is 24.6 Å². The van der Waals surface area contributed by atoms with Crippen LogP contribution in [-0.2, 0) is 14.4 Å². The highest BCUT2D eigenvalue weighted by Gasteiger charge is 2.48. The number of aliphatic carboxylic acids is 2. The third kappa shape index (κ3) is 13.6. The number of carboxylic acid groups (broad SMARTS) is 2. The average molecular weight is 543 g/mol. The highest BCUT2D eigenvalue weighted by molar-refractivity contribution is 7.81. The van der Waals surface area contributed by atoms with Crippen molar-refractivity contribution in [1.29, 1.82) is 0 Å². The maximum absolute atomic E-state index is 11.7. The molecule has 1 unspecified atom stereocenters. The molecule has 1 rings (SSSR count). The molecule has 0 aromatic heterocycles. The number of amides is 1. The fraction of sp³-hybridized carbons (Fsp3) is 0.828. The Kier molecular flexibility index (Phi) is 18.5. The van der Waals surface area contributed by atoms with E-state index in [1.165, 1.54) is 81.9 Å². The summed E-state index contributed by atoms with van der Waals surface area (Å²) in [6.45, 7) is 8.28. The maximum Gasteiger partial charge on any atom is 0.330 e. The zero-order valence-corrected chi connectivity index (χ0v) is 25.0. The van der Waals surface area contributed by atoms with Gasteiger partial charge in [0.2, 0.25) is 6.41 Å². The van der Waals surface area contributed by atoms with Crippen LogP contribution in [0.2, 0.25) is 0 Å². The fourth-order valence-corrected chi connectivity index (χ4v) is 4.76. The second kappa shape index (κ2) is 19.4. The first-order valence-corrected chi connectivity index (χ1v) is 14.7. The molecular weight excluding hydrogens is 488 g/mol. The molecule has 1 heterocycles. The van der Waals surface area contributed by atoms with Gasteiger partial charge in [-0.25, -0.2) is 9.59 Å². The van der Waals surface area contributed by atoms with Gasteiger partial charge in [0.05, 0.1) is 0 Å². The number of carbonyl (C=O) groups excluding carboxylic acids is 1. The molecule has 1 aliphatic heterocycles. The Balaban J connectivity index is 0.00000107. The number of allylic oxidation sites excluding steroid dienone is 1. The lowest BCUT2D eigenvalue weighted by atomic mass is 9.86. The van der Waals surface area contributed by atoms with Crippen molar-refractivity contribution in [3.63, 3.8) is 0 Å². The number of carbonyl (C=O) groups is 3. The average Bonchev–Trinajstić information content (AvgIpc) is 3.32. The summed E-state index contributed by atoms with van der Waals surface area (Å²) >= 11 is 4.50. The first kappa shape index (κ1) is 35.3. The molecule has 1 aliphatic rings. The topological polar surface area (TPSA) is 98.2 Å². The zero-order valence-electron chi connectivity index (χ0n) is 24.1. The van der Waals surface area contributed by atoms with Crippen molar-refractivity contribution in [3.05, 3.63) is 12.3 Å². The lowest BCUT2D eigenvalue weighted by molar-refractivity contribution is -0.149. The van der Waals surface area contributed by atoms with Gasteiger partial charge in [0.1, 0.15) is 11.6 Å². The summed E-state index contributed by atoms with van der Waals surface area (Å²) in [6.07, 6.45) is 23.2. The lowest BCUT2D eigenvalue weighted by Gasteiger charge is -2.43. The van der Waals surface area contributed by atoms with E-state index >= 15 is 0 Å². The van der Waals surface area contributed by atoms with Crippen LogP contribution in [0.3, 0.4) is 0 Å². The number of hydrogen-bond acceptors (Lipinski definition) is 5. The number of nitrogens with zero attached hydrogens (tertiary/aromatic N) is 2. The standard InChI is InChI=1S/C23H45NO2S.C6H9NO3/c1-6-7-8-9-10-11-12-13-14-15-16-17-18-19-20-24(5)23(4,21(25)26)22(2,3)27;8-4-7-3-1-2-5(7)6(9)10/h19-20,27H,6-18H2,1-5H3,(H,25,26);4-5H,1-3H2,(H,9,10)/t;5-/m.0/s1. The smallest absolute Gasteiger partial charge is 0.330 e. The van der Waals surface area contributed by atoms with Gasteiger partial charge < -0.3 is 20.0 Å². The molecule has 1 saturated heterocycles. The van der Waals surface area contributed by atoms with E-state index in [0.29, 0.717) is 19.4 Å². The molecule has 1 amide bonds. The summed E-state index contributed by atoms with van der Waals surface area (Å²) in [5.74, 6) is -1.75. The van der Waals surface area contributed by atoms with E-state index < -0.39 is 28.3 Å². The lowest BCUT2D eigenvalue weighted by Crippen LogP contribution is -2.59. The summed E-state index contributed by atoms with van der Waals surface area (Å²) < 4.78 is -0.645. The third-order valence-electron chi connectivity index (χ3n) is 7.58. The molecule has 2 N–H and O–H groups in total. The van der Waals surface area contributed by atoms with Crippen LogP contribution in [0.25, 0.3) is 0 Å². The van der Waals surface area contributed by atoms with Gasteiger partial charge in [-0.1, -0.05) is 83.6 Å². The van der Waals surface area contributed by atoms with Gasteiger partial charge in [-0.15, -0.1) is 0 Å². The Hall–Kier alpha value is -1.70. The number of unbranched alkanes of at least 4 members (excludes halogenated alkanes) is 12. The van der Waals surface area contributed by atoms with E-state index in [-0.39, 0.29) is 0 Å². The van der Waals surface area contributed by atoms with Crippen LogP contribution in [0.4, 0.5) is 0 Å². The minimum Gasteiger partial charge on any atom is -0.480 e. The van der Waals surface area contributed by atoms with Gasteiger partial charge in [-0.2, -0.15) is 12.6 Å². The Labute approximate surface area is 231 Å². The van der Waals surface area contributed by atoms with E-state index in [2.05, 4.69) is 25.6 Å². The molecule has 0 spiro atoms. The van der Waals surface area contributed by atoms with Crippen molar-refractivity contribution in [2.45, 2.75) is 140 Å². The normalized spacial score (nSPS) is 17.2. The molecular formula is C29H54N2O5S. The Morgan fingerprint density at radius 1 is 0.946 bits per heavy atom. The maximum atomic E-state index is 11.7. The predicted molar refractivity (Wildman–Crippen MR) is 155 cm³/mol. The van der Waals surface area contributed by atoms with E-state index in [4.69, 9.17) is 5.11 Å². The van der Waals surface area contributed by atoms with Crippen molar-refractivity contribution in [1.82, 2.24) is 9.80 Å². The van der Waals surface area contributed by atoms with E-state index in [1.54, 1.807) is 11.8 Å². The Morgan fingerprint density at radius 3 is 1.81 bits per heavy atom. The van der Waals surface area contributed by atoms with Gasteiger partial charge in [-0.05, 0) is 52.7 Å². The largest absolute Gasteiger partial charge is 0.480 e. The van der Waals surface area contributed by atoms with Crippen molar-refractivity contribution in [3.8, 4) is 0 Å². The molecule has 8 heteroatoms. The van der Waals surface area contributed by atoms with Gasteiger partial charge in [0.15, 0.2) is 0 Å². The summed E-state index contributed by atoms with van der Waals surface area (Å²) in [5, 5.41) is 18.1. The van der Waals surface area contributed by atoms with Crippen molar-refractivity contribution >= 4 is 31.0 Å². The van der Waals surface area contributed by atoms with Crippen molar-refractivity contribution in [2.24, 2.45) is 0 Å². The number of rotatable bonds is 19. The molecule has 0 saturated carbocycles. The molecule has 0 aromatic carbocycles.